The second-order valence-electron chi connectivity index (χ2n) is 11.1. The van der Waals surface area contributed by atoms with Crippen molar-refractivity contribution in [3.8, 4) is 5.75 Å². The second-order valence-corrected chi connectivity index (χ2v) is 11.1. The molecular formula is C28H41N5O5. The Hall–Kier alpha value is -3.14. The maximum Gasteiger partial charge on any atom is 0.255 e. The molecule has 3 aliphatic heterocycles. The molecule has 208 valence electrons. The van der Waals surface area contributed by atoms with Gasteiger partial charge in [-0.05, 0) is 57.3 Å². The van der Waals surface area contributed by atoms with E-state index in [1.165, 1.54) is 0 Å². The van der Waals surface area contributed by atoms with Gasteiger partial charge in [0.25, 0.3) is 5.91 Å². The normalized spacial score (nSPS) is 26.0. The minimum Gasteiger partial charge on any atom is -0.491 e. The van der Waals surface area contributed by atoms with Gasteiger partial charge in [-0.15, -0.1) is 0 Å². The molecule has 3 atom stereocenters. The third-order valence-corrected chi connectivity index (χ3v) is 7.56. The van der Waals surface area contributed by atoms with Crippen molar-refractivity contribution < 1.29 is 23.9 Å². The second kappa shape index (κ2) is 12.6. The molecule has 10 heteroatoms. The molecule has 4 amide bonds. The fourth-order valence-electron chi connectivity index (χ4n) is 5.56. The summed E-state index contributed by atoms with van der Waals surface area (Å²) in [5, 5.41) is 5.94. The minimum absolute atomic E-state index is 0.193. The van der Waals surface area contributed by atoms with Crippen LogP contribution in [0, 0.1) is 5.92 Å². The van der Waals surface area contributed by atoms with E-state index in [9.17, 15) is 19.2 Å². The molecule has 10 nitrogen and oxygen atoms in total. The highest BCUT2D eigenvalue weighted by molar-refractivity contribution is 6.01. The standard InChI is InChI=1S/C28H41N5O5/c1-19(2)16-20-18-38-24-10-5-4-8-21(24)26(35)30-22(28(37)32-12-7-11-31(3)14-15-32)17-25(34)33-13-6-9-23(33)27(36)29-20/h4-5,8,10,19-20,22-23H,6-7,9,11-18H2,1-3H3,(H,29,36)(H,30,35)/t20-,22-,23+/m0/s1. The monoisotopic (exact) mass is 527 g/mol. The largest absolute Gasteiger partial charge is 0.491 e. The molecule has 0 bridgehead atoms. The Morgan fingerprint density at radius 2 is 1.82 bits per heavy atom. The number of rotatable bonds is 3. The number of hydrogen-bond acceptors (Lipinski definition) is 6. The van der Waals surface area contributed by atoms with E-state index in [0.717, 1.165) is 19.5 Å². The maximum absolute atomic E-state index is 13.7. The Morgan fingerprint density at radius 3 is 2.61 bits per heavy atom. The van der Waals surface area contributed by atoms with E-state index in [4.69, 9.17) is 4.74 Å². The summed E-state index contributed by atoms with van der Waals surface area (Å²) in [4.78, 5) is 59.5. The van der Waals surface area contributed by atoms with E-state index in [1.54, 1.807) is 34.1 Å². The van der Waals surface area contributed by atoms with Gasteiger partial charge in [-0.3, -0.25) is 19.2 Å². The summed E-state index contributed by atoms with van der Waals surface area (Å²) in [6.45, 7) is 7.49. The highest BCUT2D eigenvalue weighted by Crippen LogP contribution is 2.23. The molecule has 3 aliphatic rings. The van der Waals surface area contributed by atoms with Crippen LogP contribution in [-0.4, -0.2) is 103 Å². The maximum atomic E-state index is 13.7. The Balaban J connectivity index is 1.65. The number of hydrogen-bond donors (Lipinski definition) is 2. The number of amides is 4. The first-order valence-corrected chi connectivity index (χ1v) is 13.8. The summed E-state index contributed by atoms with van der Waals surface area (Å²) in [6, 6.07) is 4.97. The molecule has 0 radical (unpaired) electrons. The van der Waals surface area contributed by atoms with Crippen molar-refractivity contribution in [2.45, 2.75) is 64.1 Å². The average molecular weight is 528 g/mol. The fraction of sp³-hybridized carbons (Fsp3) is 0.643. The molecule has 1 aromatic carbocycles. The lowest BCUT2D eigenvalue weighted by atomic mass is 10.0. The molecule has 38 heavy (non-hydrogen) atoms. The zero-order valence-corrected chi connectivity index (χ0v) is 22.8. The van der Waals surface area contributed by atoms with Crippen molar-refractivity contribution in [3.63, 3.8) is 0 Å². The number of carbonyl (C=O) groups is 4. The number of para-hydroxylation sites is 1. The zero-order valence-electron chi connectivity index (χ0n) is 22.8. The molecule has 0 aliphatic carbocycles. The Morgan fingerprint density at radius 1 is 1.03 bits per heavy atom. The molecule has 0 unspecified atom stereocenters. The van der Waals surface area contributed by atoms with Gasteiger partial charge in [0.15, 0.2) is 0 Å². The van der Waals surface area contributed by atoms with E-state index < -0.39 is 18.0 Å². The Bertz CT molecular complexity index is 1030. The predicted octanol–water partition coefficient (Wildman–Crippen LogP) is 1.25. The van der Waals surface area contributed by atoms with Crippen molar-refractivity contribution in [3.05, 3.63) is 29.8 Å². The molecule has 1 aromatic rings. The third kappa shape index (κ3) is 6.83. The van der Waals surface area contributed by atoms with Gasteiger partial charge >= 0.3 is 0 Å². The van der Waals surface area contributed by atoms with Crippen LogP contribution < -0.4 is 15.4 Å². The van der Waals surface area contributed by atoms with Crippen LogP contribution >= 0.6 is 0 Å². The predicted molar refractivity (Wildman–Crippen MR) is 143 cm³/mol. The third-order valence-electron chi connectivity index (χ3n) is 7.56. The Labute approximate surface area is 225 Å². The first-order chi connectivity index (χ1) is 18.2. The van der Waals surface area contributed by atoms with Crippen LogP contribution in [0.1, 0.15) is 56.3 Å². The topological polar surface area (TPSA) is 111 Å². The van der Waals surface area contributed by atoms with Crippen molar-refractivity contribution >= 4 is 23.6 Å². The van der Waals surface area contributed by atoms with Crippen molar-refractivity contribution in [2.75, 3.05) is 46.4 Å². The molecule has 0 saturated carbocycles. The highest BCUT2D eigenvalue weighted by Gasteiger charge is 2.38. The van der Waals surface area contributed by atoms with Crippen LogP contribution in [0.2, 0.25) is 0 Å². The smallest absolute Gasteiger partial charge is 0.255 e. The summed E-state index contributed by atoms with van der Waals surface area (Å²) in [7, 11) is 2.02. The molecular weight excluding hydrogens is 486 g/mol. The minimum atomic E-state index is -1.03. The number of fused-ring (bicyclic) bond motifs is 2. The van der Waals surface area contributed by atoms with Gasteiger partial charge in [0.1, 0.15) is 24.4 Å². The van der Waals surface area contributed by atoms with Crippen molar-refractivity contribution in [1.82, 2.24) is 25.3 Å². The SMILES string of the molecule is CC(C)C[C@H]1COc2ccccc2C(=O)N[C@H](C(=O)N2CCCN(C)CC2)CC(=O)N2CCC[C@@H]2C(=O)N1. The van der Waals surface area contributed by atoms with Crippen molar-refractivity contribution in [1.29, 1.82) is 0 Å². The lowest BCUT2D eigenvalue weighted by Gasteiger charge is -2.31. The van der Waals surface area contributed by atoms with Gasteiger partial charge in [-0.2, -0.15) is 0 Å². The summed E-state index contributed by atoms with van der Waals surface area (Å²) in [6.07, 6.45) is 2.60. The lowest BCUT2D eigenvalue weighted by molar-refractivity contribution is -0.142. The Kier molecular flexibility index (Phi) is 9.25. The number of benzene rings is 1. The first-order valence-electron chi connectivity index (χ1n) is 13.8. The molecule has 0 spiro atoms. The molecule has 0 aromatic heterocycles. The van der Waals surface area contributed by atoms with E-state index >= 15 is 0 Å². The molecule has 2 N–H and O–H groups in total. The average Bonchev–Trinajstić information content (AvgIpc) is 3.28. The van der Waals surface area contributed by atoms with Crippen LogP contribution in [0.15, 0.2) is 24.3 Å². The van der Waals surface area contributed by atoms with Crippen LogP contribution in [0.5, 0.6) is 5.75 Å². The van der Waals surface area contributed by atoms with E-state index in [1.807, 2.05) is 7.05 Å². The molecule has 3 heterocycles. The first kappa shape index (κ1) is 27.9. The van der Waals surface area contributed by atoms with E-state index in [2.05, 4.69) is 29.4 Å². The number of nitrogens with one attached hydrogen (secondary N) is 2. The summed E-state index contributed by atoms with van der Waals surface area (Å²) in [5.41, 5.74) is 0.291. The van der Waals surface area contributed by atoms with Crippen LogP contribution in [-0.2, 0) is 14.4 Å². The number of nitrogens with zero attached hydrogens (tertiary/aromatic N) is 3. The number of ether oxygens (including phenoxy) is 1. The van der Waals surface area contributed by atoms with Gasteiger partial charge in [0.2, 0.25) is 17.7 Å². The summed E-state index contributed by atoms with van der Waals surface area (Å²) >= 11 is 0. The summed E-state index contributed by atoms with van der Waals surface area (Å²) in [5.74, 6) is -0.536. The molecule has 4 rings (SSSR count). The molecule has 2 saturated heterocycles. The van der Waals surface area contributed by atoms with Gasteiger partial charge in [0, 0.05) is 26.2 Å². The van der Waals surface area contributed by atoms with Gasteiger partial charge in [-0.25, -0.2) is 0 Å². The summed E-state index contributed by atoms with van der Waals surface area (Å²) < 4.78 is 6.08. The van der Waals surface area contributed by atoms with Gasteiger partial charge < -0.3 is 30.1 Å². The van der Waals surface area contributed by atoms with Gasteiger partial charge in [0.05, 0.1) is 18.0 Å². The van der Waals surface area contributed by atoms with Crippen LogP contribution in [0.3, 0.4) is 0 Å². The molecule has 2 fully saturated rings. The quantitative estimate of drug-likeness (QED) is 0.612. The highest BCUT2D eigenvalue weighted by atomic mass is 16.5. The zero-order chi connectivity index (χ0) is 27.2. The van der Waals surface area contributed by atoms with E-state index in [-0.39, 0.29) is 36.8 Å². The lowest BCUT2D eigenvalue weighted by Crippen LogP contribution is -2.54. The van der Waals surface area contributed by atoms with Crippen LogP contribution in [0.4, 0.5) is 0 Å². The number of carbonyl (C=O) groups excluding carboxylic acids is 4. The number of likely N-dealkylation sites (N-methyl/N-ethyl adjacent to an activating group) is 1. The van der Waals surface area contributed by atoms with Gasteiger partial charge in [-0.1, -0.05) is 26.0 Å². The van der Waals surface area contributed by atoms with E-state index in [0.29, 0.717) is 56.1 Å². The van der Waals surface area contributed by atoms with Crippen LogP contribution in [0.25, 0.3) is 0 Å². The van der Waals surface area contributed by atoms with Crippen molar-refractivity contribution in [2.24, 2.45) is 5.92 Å². The fourth-order valence-corrected chi connectivity index (χ4v) is 5.56.